The van der Waals surface area contributed by atoms with Crippen molar-refractivity contribution in [1.82, 2.24) is 14.9 Å². The number of anilines is 1. The second kappa shape index (κ2) is 7.05. The Bertz CT molecular complexity index is 817. The Morgan fingerprint density at radius 3 is 2.12 bits per heavy atom. The Balaban J connectivity index is 1.57. The molecule has 0 bridgehead atoms. The van der Waals surface area contributed by atoms with E-state index in [1.165, 1.54) is 17.3 Å². The first-order chi connectivity index (χ1) is 11.7. The average Bonchev–Trinajstić information content (AvgIpc) is 3.10. The lowest BCUT2D eigenvalue weighted by Gasteiger charge is -2.08. The predicted octanol–water partition coefficient (Wildman–Crippen LogP) is 1.78. The van der Waals surface area contributed by atoms with Crippen molar-refractivity contribution in [2.45, 2.75) is 0 Å². The number of hydrogen-bond acceptors (Lipinski definition) is 5. The zero-order valence-corrected chi connectivity index (χ0v) is 12.4. The molecule has 120 valence electrons. The van der Waals surface area contributed by atoms with Crippen molar-refractivity contribution in [3.8, 4) is 11.5 Å². The fraction of sp³-hybridized carbons (Fsp3) is 0. The maximum atomic E-state index is 11.8. The SMILES string of the molecule is O=C(Nc1ccc(Oc2ccccc2)cc1)C(=O)Nn1cnnc1. The smallest absolute Gasteiger partial charge is 0.328 e. The Hall–Kier alpha value is -3.68. The summed E-state index contributed by atoms with van der Waals surface area (Å²) in [6, 6.07) is 16.0. The molecule has 24 heavy (non-hydrogen) atoms. The van der Waals surface area contributed by atoms with Crippen LogP contribution < -0.4 is 15.5 Å². The van der Waals surface area contributed by atoms with E-state index in [9.17, 15) is 9.59 Å². The molecule has 1 aromatic heterocycles. The molecule has 0 aliphatic carbocycles. The van der Waals surface area contributed by atoms with Crippen LogP contribution in [0.5, 0.6) is 11.5 Å². The molecule has 3 aromatic rings. The maximum absolute atomic E-state index is 11.8. The molecule has 0 unspecified atom stereocenters. The molecular formula is C16H13N5O3. The standard InChI is InChI=1S/C16H13N5O3/c22-15(16(23)20-21-10-17-18-11-21)19-12-6-8-14(9-7-12)24-13-4-2-1-3-5-13/h1-11H,(H,19,22)(H,20,23). The molecule has 0 radical (unpaired) electrons. The van der Waals surface area contributed by atoms with Gasteiger partial charge >= 0.3 is 11.8 Å². The first-order valence-electron chi connectivity index (χ1n) is 7.00. The van der Waals surface area contributed by atoms with Gasteiger partial charge in [-0.05, 0) is 36.4 Å². The van der Waals surface area contributed by atoms with Crippen molar-refractivity contribution in [3.63, 3.8) is 0 Å². The Morgan fingerprint density at radius 1 is 0.833 bits per heavy atom. The summed E-state index contributed by atoms with van der Waals surface area (Å²) in [6.45, 7) is 0. The highest BCUT2D eigenvalue weighted by molar-refractivity contribution is 6.42. The van der Waals surface area contributed by atoms with Gasteiger partial charge in [-0.1, -0.05) is 18.2 Å². The maximum Gasteiger partial charge on any atom is 0.328 e. The minimum Gasteiger partial charge on any atom is -0.457 e. The zero-order chi connectivity index (χ0) is 16.8. The highest BCUT2D eigenvalue weighted by atomic mass is 16.5. The fourth-order valence-corrected chi connectivity index (χ4v) is 1.85. The van der Waals surface area contributed by atoms with Crippen molar-refractivity contribution in [3.05, 3.63) is 67.3 Å². The van der Waals surface area contributed by atoms with Crippen LogP contribution in [0.1, 0.15) is 0 Å². The normalized spacial score (nSPS) is 10.0. The number of para-hydroxylation sites is 1. The monoisotopic (exact) mass is 323 g/mol. The van der Waals surface area contributed by atoms with E-state index < -0.39 is 11.8 Å². The summed E-state index contributed by atoms with van der Waals surface area (Å²) < 4.78 is 6.83. The Labute approximate surface area is 137 Å². The number of benzene rings is 2. The largest absolute Gasteiger partial charge is 0.457 e. The lowest BCUT2D eigenvalue weighted by atomic mass is 10.3. The fourth-order valence-electron chi connectivity index (χ4n) is 1.85. The topological polar surface area (TPSA) is 98.1 Å². The molecule has 3 rings (SSSR count). The summed E-state index contributed by atoms with van der Waals surface area (Å²) in [7, 11) is 0. The van der Waals surface area contributed by atoms with Crippen LogP contribution in [0.2, 0.25) is 0 Å². The van der Waals surface area contributed by atoms with Gasteiger partial charge in [-0.2, -0.15) is 0 Å². The van der Waals surface area contributed by atoms with E-state index in [0.717, 1.165) is 0 Å². The van der Waals surface area contributed by atoms with E-state index in [0.29, 0.717) is 17.2 Å². The molecule has 2 aromatic carbocycles. The van der Waals surface area contributed by atoms with Gasteiger partial charge in [-0.3, -0.25) is 15.0 Å². The van der Waals surface area contributed by atoms with E-state index in [1.807, 2.05) is 30.3 Å². The van der Waals surface area contributed by atoms with Crippen LogP contribution in [0.15, 0.2) is 67.3 Å². The minimum absolute atomic E-state index is 0.472. The van der Waals surface area contributed by atoms with Gasteiger partial charge in [-0.25, -0.2) is 4.68 Å². The quantitative estimate of drug-likeness (QED) is 0.713. The lowest BCUT2D eigenvalue weighted by molar-refractivity contribution is -0.133. The van der Waals surface area contributed by atoms with Gasteiger partial charge in [0.15, 0.2) is 0 Å². The summed E-state index contributed by atoms with van der Waals surface area (Å²) in [5.74, 6) is -0.310. The second-order valence-corrected chi connectivity index (χ2v) is 4.70. The molecule has 0 saturated heterocycles. The number of carbonyl (C=O) groups excluding carboxylic acids is 2. The molecule has 0 spiro atoms. The molecule has 8 nitrogen and oxygen atoms in total. The highest BCUT2D eigenvalue weighted by Gasteiger charge is 2.14. The summed E-state index contributed by atoms with van der Waals surface area (Å²) in [5.41, 5.74) is 2.77. The predicted molar refractivity (Wildman–Crippen MR) is 86.0 cm³/mol. The van der Waals surface area contributed by atoms with Gasteiger partial charge in [0, 0.05) is 5.69 Å². The molecule has 0 aliphatic rings. The third-order valence-electron chi connectivity index (χ3n) is 2.95. The van der Waals surface area contributed by atoms with E-state index in [4.69, 9.17) is 4.74 Å². The zero-order valence-electron chi connectivity index (χ0n) is 12.4. The van der Waals surface area contributed by atoms with Crippen molar-refractivity contribution in [2.75, 3.05) is 10.7 Å². The van der Waals surface area contributed by atoms with E-state index in [-0.39, 0.29) is 0 Å². The number of amides is 2. The van der Waals surface area contributed by atoms with Crippen LogP contribution in [0, 0.1) is 0 Å². The van der Waals surface area contributed by atoms with Gasteiger partial charge in [0.25, 0.3) is 0 Å². The first-order valence-corrected chi connectivity index (χ1v) is 7.00. The van der Waals surface area contributed by atoms with Crippen molar-refractivity contribution < 1.29 is 14.3 Å². The third kappa shape index (κ3) is 3.95. The molecular weight excluding hydrogens is 310 g/mol. The third-order valence-corrected chi connectivity index (χ3v) is 2.95. The number of ether oxygens (including phenoxy) is 1. The van der Waals surface area contributed by atoms with Gasteiger partial charge in [0.05, 0.1) is 0 Å². The van der Waals surface area contributed by atoms with E-state index in [2.05, 4.69) is 20.9 Å². The molecule has 1 heterocycles. The van der Waals surface area contributed by atoms with Gasteiger partial charge in [0.1, 0.15) is 24.2 Å². The molecule has 0 fully saturated rings. The first kappa shape index (κ1) is 15.2. The van der Waals surface area contributed by atoms with Gasteiger partial charge in [0.2, 0.25) is 0 Å². The Kier molecular flexibility index (Phi) is 4.47. The summed E-state index contributed by atoms with van der Waals surface area (Å²) >= 11 is 0. The number of nitrogens with one attached hydrogen (secondary N) is 2. The summed E-state index contributed by atoms with van der Waals surface area (Å²) in [4.78, 5) is 23.5. The molecule has 2 amide bonds. The van der Waals surface area contributed by atoms with Crippen LogP contribution in [0.3, 0.4) is 0 Å². The van der Waals surface area contributed by atoms with Crippen LogP contribution >= 0.6 is 0 Å². The number of aromatic nitrogens is 3. The summed E-state index contributed by atoms with van der Waals surface area (Å²) in [6.07, 6.45) is 2.53. The van der Waals surface area contributed by atoms with Crippen molar-refractivity contribution in [1.29, 1.82) is 0 Å². The van der Waals surface area contributed by atoms with Crippen molar-refractivity contribution in [2.24, 2.45) is 0 Å². The number of rotatable bonds is 4. The number of hydrogen-bond donors (Lipinski definition) is 2. The Morgan fingerprint density at radius 2 is 1.46 bits per heavy atom. The minimum atomic E-state index is -0.834. The highest BCUT2D eigenvalue weighted by Crippen LogP contribution is 2.22. The lowest BCUT2D eigenvalue weighted by Crippen LogP contribution is -2.33. The molecule has 2 N–H and O–H groups in total. The van der Waals surface area contributed by atoms with Crippen LogP contribution in [-0.2, 0) is 9.59 Å². The van der Waals surface area contributed by atoms with Crippen LogP contribution in [0.25, 0.3) is 0 Å². The molecule has 0 atom stereocenters. The summed E-state index contributed by atoms with van der Waals surface area (Å²) in [5, 5.41) is 9.52. The number of carbonyl (C=O) groups is 2. The number of nitrogens with zero attached hydrogens (tertiary/aromatic N) is 3. The van der Waals surface area contributed by atoms with Crippen molar-refractivity contribution >= 4 is 17.5 Å². The van der Waals surface area contributed by atoms with E-state index in [1.54, 1.807) is 24.3 Å². The average molecular weight is 323 g/mol. The second-order valence-electron chi connectivity index (χ2n) is 4.70. The van der Waals surface area contributed by atoms with Gasteiger partial charge in [-0.15, -0.1) is 10.2 Å². The van der Waals surface area contributed by atoms with E-state index >= 15 is 0 Å². The van der Waals surface area contributed by atoms with Crippen LogP contribution in [-0.4, -0.2) is 26.7 Å². The van der Waals surface area contributed by atoms with Gasteiger partial charge < -0.3 is 10.1 Å². The molecule has 0 saturated carbocycles. The van der Waals surface area contributed by atoms with Crippen LogP contribution in [0.4, 0.5) is 5.69 Å². The molecule has 8 heteroatoms. The molecule has 0 aliphatic heterocycles.